The molecular weight excluding hydrogens is 262 g/mol. The van der Waals surface area contributed by atoms with Crippen molar-refractivity contribution in [3.63, 3.8) is 0 Å². The van der Waals surface area contributed by atoms with Crippen molar-refractivity contribution in [2.24, 2.45) is 5.41 Å². The number of rotatable bonds is 2. The van der Waals surface area contributed by atoms with Crippen molar-refractivity contribution in [3.05, 3.63) is 23.0 Å². The average molecular weight is 273 g/mol. The number of nitriles is 1. The number of carbonyl (C=O) groups is 1. The number of carbonyl (C=O) groups excluding carboxylic acids is 1. The van der Waals surface area contributed by atoms with Gasteiger partial charge >= 0.3 is 0 Å². The van der Waals surface area contributed by atoms with Crippen LogP contribution < -0.4 is 5.32 Å². The molecule has 0 atom stereocenters. The Morgan fingerprint density at radius 3 is 2.95 bits per heavy atom. The maximum atomic E-state index is 12.1. The summed E-state index contributed by atoms with van der Waals surface area (Å²) >= 11 is 4.90. The highest BCUT2D eigenvalue weighted by Gasteiger charge is 2.44. The van der Waals surface area contributed by atoms with Crippen LogP contribution in [0.3, 0.4) is 0 Å². The Kier molecular flexibility index (Phi) is 2.64. The van der Waals surface area contributed by atoms with Gasteiger partial charge in [0.15, 0.2) is 5.58 Å². The molecule has 2 aromatic rings. The standard InChI is InChI=1S/C13H11N3O2S/c14-7-13(4-1-5-13)11(17)15-8-2-3-9-10(6-8)18-12(19)16-9/h2-3,6H,1,4-5H2,(H,15,17)(H,16,19). The van der Waals surface area contributed by atoms with Crippen molar-refractivity contribution in [2.45, 2.75) is 19.3 Å². The van der Waals surface area contributed by atoms with Gasteiger partial charge < -0.3 is 14.7 Å². The molecule has 0 bridgehead atoms. The molecule has 1 aliphatic carbocycles. The van der Waals surface area contributed by atoms with Gasteiger partial charge in [-0.15, -0.1) is 0 Å². The highest BCUT2D eigenvalue weighted by atomic mass is 32.1. The second kappa shape index (κ2) is 4.21. The van der Waals surface area contributed by atoms with Crippen LogP contribution >= 0.6 is 12.2 Å². The predicted octanol–water partition coefficient (Wildman–Crippen LogP) is 3.12. The highest BCUT2D eigenvalue weighted by Crippen LogP contribution is 2.41. The second-order valence-corrected chi connectivity index (χ2v) is 5.10. The van der Waals surface area contributed by atoms with Gasteiger partial charge in [0.25, 0.3) is 4.84 Å². The lowest BCUT2D eigenvalue weighted by atomic mass is 9.69. The van der Waals surface area contributed by atoms with Crippen molar-refractivity contribution in [1.82, 2.24) is 4.98 Å². The Morgan fingerprint density at radius 2 is 2.32 bits per heavy atom. The second-order valence-electron chi connectivity index (χ2n) is 4.73. The summed E-state index contributed by atoms with van der Waals surface area (Å²) in [5.41, 5.74) is 1.12. The topological polar surface area (TPSA) is 81.8 Å². The molecule has 1 amide bonds. The molecule has 6 heteroatoms. The molecule has 3 rings (SSSR count). The smallest absolute Gasteiger partial charge is 0.266 e. The first-order valence-corrected chi connectivity index (χ1v) is 6.39. The van der Waals surface area contributed by atoms with E-state index in [4.69, 9.17) is 21.9 Å². The molecule has 0 spiro atoms. The normalized spacial score (nSPS) is 16.6. The first kappa shape index (κ1) is 11.9. The van der Waals surface area contributed by atoms with Crippen LogP contribution in [0.5, 0.6) is 0 Å². The number of fused-ring (bicyclic) bond motifs is 1. The van der Waals surface area contributed by atoms with Crippen LogP contribution in [0, 0.1) is 21.6 Å². The third kappa shape index (κ3) is 1.92. The number of benzene rings is 1. The number of nitrogens with zero attached hydrogens (tertiary/aromatic N) is 1. The van der Waals surface area contributed by atoms with Gasteiger partial charge in [-0.05, 0) is 43.6 Å². The lowest BCUT2D eigenvalue weighted by Crippen LogP contribution is -2.40. The fraction of sp³-hybridized carbons (Fsp3) is 0.308. The molecule has 1 fully saturated rings. The van der Waals surface area contributed by atoms with Crippen LogP contribution in [0.25, 0.3) is 11.1 Å². The molecule has 1 saturated carbocycles. The first-order valence-electron chi connectivity index (χ1n) is 5.99. The maximum absolute atomic E-state index is 12.1. The third-order valence-corrected chi connectivity index (χ3v) is 3.72. The fourth-order valence-corrected chi connectivity index (χ4v) is 2.39. The van der Waals surface area contributed by atoms with Crippen molar-refractivity contribution in [2.75, 3.05) is 5.32 Å². The molecule has 1 aromatic carbocycles. The Balaban J connectivity index is 1.87. The quantitative estimate of drug-likeness (QED) is 0.824. The van der Waals surface area contributed by atoms with E-state index in [2.05, 4.69) is 16.4 Å². The van der Waals surface area contributed by atoms with Gasteiger partial charge in [-0.2, -0.15) is 5.26 Å². The summed E-state index contributed by atoms with van der Waals surface area (Å²) in [7, 11) is 0. The summed E-state index contributed by atoms with van der Waals surface area (Å²) < 4.78 is 5.29. The summed E-state index contributed by atoms with van der Waals surface area (Å²) in [4.78, 5) is 15.3. The monoisotopic (exact) mass is 273 g/mol. The van der Waals surface area contributed by atoms with Crippen molar-refractivity contribution < 1.29 is 9.21 Å². The lowest BCUT2D eigenvalue weighted by Gasteiger charge is -2.33. The number of hydrogen-bond acceptors (Lipinski definition) is 4. The van der Waals surface area contributed by atoms with E-state index < -0.39 is 5.41 Å². The van der Waals surface area contributed by atoms with Gasteiger partial charge in [-0.3, -0.25) is 4.79 Å². The van der Waals surface area contributed by atoms with Crippen molar-refractivity contribution in [1.29, 1.82) is 5.26 Å². The van der Waals surface area contributed by atoms with Crippen molar-refractivity contribution in [3.8, 4) is 6.07 Å². The van der Waals surface area contributed by atoms with Gasteiger partial charge in [-0.25, -0.2) is 0 Å². The molecule has 1 aromatic heterocycles. The zero-order chi connectivity index (χ0) is 13.5. The first-order chi connectivity index (χ1) is 9.13. The number of aromatic amines is 1. The Bertz CT molecular complexity index is 749. The minimum atomic E-state index is -0.854. The van der Waals surface area contributed by atoms with E-state index in [1.807, 2.05) is 0 Å². The van der Waals surface area contributed by atoms with Gasteiger partial charge in [0.1, 0.15) is 5.41 Å². The number of oxazole rings is 1. The molecule has 19 heavy (non-hydrogen) atoms. The van der Waals surface area contributed by atoms with Crippen LogP contribution in [0.15, 0.2) is 22.6 Å². The number of hydrogen-bond donors (Lipinski definition) is 2. The maximum Gasteiger partial charge on any atom is 0.266 e. The van der Waals surface area contributed by atoms with Crippen LogP contribution in [-0.4, -0.2) is 10.9 Å². The summed E-state index contributed by atoms with van der Waals surface area (Å²) in [5, 5.41) is 11.9. The van der Waals surface area contributed by atoms with Gasteiger partial charge in [0, 0.05) is 11.8 Å². The molecule has 1 heterocycles. The van der Waals surface area contributed by atoms with Crippen LogP contribution in [-0.2, 0) is 4.79 Å². The number of aromatic nitrogens is 1. The molecule has 5 nitrogen and oxygen atoms in total. The van der Waals surface area contributed by atoms with E-state index in [9.17, 15) is 4.79 Å². The molecule has 96 valence electrons. The molecule has 1 aliphatic rings. The molecule has 2 N–H and O–H groups in total. The number of H-pyrrole nitrogens is 1. The summed E-state index contributed by atoms with van der Waals surface area (Å²) in [6.45, 7) is 0. The summed E-state index contributed by atoms with van der Waals surface area (Å²) in [6, 6.07) is 7.35. The lowest BCUT2D eigenvalue weighted by molar-refractivity contribution is -0.126. The van der Waals surface area contributed by atoms with E-state index in [0.29, 0.717) is 28.9 Å². The Labute approximate surface area is 114 Å². The van der Waals surface area contributed by atoms with E-state index in [1.165, 1.54) is 0 Å². The molecular formula is C13H11N3O2S. The van der Waals surface area contributed by atoms with Gasteiger partial charge in [0.05, 0.1) is 11.6 Å². The summed E-state index contributed by atoms with van der Waals surface area (Å²) in [5.74, 6) is -0.241. The van der Waals surface area contributed by atoms with Crippen LogP contribution in [0.2, 0.25) is 0 Å². The predicted molar refractivity (Wildman–Crippen MR) is 71.9 cm³/mol. The minimum absolute atomic E-state index is 0.241. The fourth-order valence-electron chi connectivity index (χ4n) is 2.19. The Hall–Kier alpha value is -2.13. The Morgan fingerprint density at radius 1 is 1.53 bits per heavy atom. The molecule has 0 unspecified atom stereocenters. The van der Waals surface area contributed by atoms with Crippen LogP contribution in [0.1, 0.15) is 19.3 Å². The molecule has 0 radical (unpaired) electrons. The largest absolute Gasteiger partial charge is 0.429 e. The van der Waals surface area contributed by atoms with Crippen LogP contribution in [0.4, 0.5) is 5.69 Å². The average Bonchev–Trinajstić information content (AvgIpc) is 2.67. The van der Waals surface area contributed by atoms with Gasteiger partial charge in [0.2, 0.25) is 5.91 Å². The zero-order valence-electron chi connectivity index (χ0n) is 10.0. The van der Waals surface area contributed by atoms with Gasteiger partial charge in [-0.1, -0.05) is 0 Å². The zero-order valence-corrected chi connectivity index (χ0v) is 10.8. The van der Waals surface area contributed by atoms with E-state index in [0.717, 1.165) is 11.9 Å². The van der Waals surface area contributed by atoms with Crippen molar-refractivity contribution >= 4 is 34.9 Å². The number of amides is 1. The number of anilines is 1. The molecule has 0 saturated heterocycles. The van der Waals surface area contributed by atoms with E-state index in [-0.39, 0.29) is 5.91 Å². The minimum Gasteiger partial charge on any atom is -0.429 e. The summed E-state index contributed by atoms with van der Waals surface area (Å²) in [6.07, 6.45) is 2.18. The highest BCUT2D eigenvalue weighted by molar-refractivity contribution is 7.71. The van der Waals surface area contributed by atoms with E-state index in [1.54, 1.807) is 18.2 Å². The molecule has 0 aliphatic heterocycles. The SMILES string of the molecule is N#CC1(C(=O)Nc2ccc3[nH]c(=S)oc3c2)CCC1. The third-order valence-electron chi connectivity index (χ3n) is 3.53. The van der Waals surface area contributed by atoms with E-state index >= 15 is 0 Å². The number of nitrogens with one attached hydrogen (secondary N) is 2.